The first-order chi connectivity index (χ1) is 13.3. The van der Waals surface area contributed by atoms with Gasteiger partial charge in [0.15, 0.2) is 5.69 Å². The zero-order chi connectivity index (χ0) is 19.9. The molecule has 0 bridgehead atoms. The van der Waals surface area contributed by atoms with Crippen molar-refractivity contribution in [2.24, 2.45) is 7.05 Å². The quantitative estimate of drug-likeness (QED) is 0.560. The Kier molecular flexibility index (Phi) is 4.14. The van der Waals surface area contributed by atoms with Gasteiger partial charge in [0.25, 0.3) is 5.89 Å². The van der Waals surface area contributed by atoms with Crippen LogP contribution in [0.1, 0.15) is 5.56 Å². The van der Waals surface area contributed by atoms with Crippen LogP contribution in [0.15, 0.2) is 59.1 Å². The average molecular weight is 386 g/mol. The number of rotatable bonds is 3. The maximum Gasteiger partial charge on any atom is 0.419 e. The number of benzene rings is 2. The Morgan fingerprint density at radius 2 is 1.75 bits per heavy atom. The van der Waals surface area contributed by atoms with Gasteiger partial charge < -0.3 is 9.63 Å². The molecule has 2 heterocycles. The predicted octanol–water partition coefficient (Wildman–Crippen LogP) is 4.53. The number of aromatic hydroxyl groups is 1. The highest BCUT2D eigenvalue weighted by Crippen LogP contribution is 2.38. The van der Waals surface area contributed by atoms with Gasteiger partial charge in [-0.3, -0.25) is 4.68 Å². The highest BCUT2D eigenvalue weighted by molar-refractivity contribution is 5.66. The van der Waals surface area contributed by atoms with Crippen molar-refractivity contribution in [3.05, 3.63) is 60.2 Å². The summed E-state index contributed by atoms with van der Waals surface area (Å²) in [6.07, 6.45) is -4.70. The predicted molar refractivity (Wildman–Crippen MR) is 94.0 cm³/mol. The summed E-state index contributed by atoms with van der Waals surface area (Å²) < 4.78 is 45.8. The van der Waals surface area contributed by atoms with Crippen molar-refractivity contribution in [3.63, 3.8) is 0 Å². The van der Waals surface area contributed by atoms with Gasteiger partial charge in [-0.05, 0) is 29.8 Å². The van der Waals surface area contributed by atoms with Crippen LogP contribution >= 0.6 is 0 Å². The minimum absolute atomic E-state index is 0.0348. The SMILES string of the molecule is Cn1nc(-c2nc(-c3ccc(O)c(C(F)(F)F)c3)no2)cc1-c1ccccc1. The number of hydrogen-bond donors (Lipinski definition) is 1. The van der Waals surface area contributed by atoms with E-state index in [4.69, 9.17) is 4.52 Å². The second kappa shape index (κ2) is 6.52. The third-order valence-electron chi connectivity index (χ3n) is 4.15. The summed E-state index contributed by atoms with van der Waals surface area (Å²) in [5, 5.41) is 17.5. The Balaban J connectivity index is 1.70. The first-order valence-electron chi connectivity index (χ1n) is 8.17. The summed E-state index contributed by atoms with van der Waals surface area (Å²) >= 11 is 0. The topological polar surface area (TPSA) is 77.0 Å². The van der Waals surface area contributed by atoms with Crippen LogP contribution in [0.3, 0.4) is 0 Å². The molecule has 4 rings (SSSR count). The minimum atomic E-state index is -4.70. The number of alkyl halides is 3. The number of phenols is 1. The molecule has 142 valence electrons. The van der Waals surface area contributed by atoms with E-state index >= 15 is 0 Å². The summed E-state index contributed by atoms with van der Waals surface area (Å²) in [6.45, 7) is 0. The fourth-order valence-electron chi connectivity index (χ4n) is 2.80. The summed E-state index contributed by atoms with van der Waals surface area (Å²) in [5.41, 5.74) is 1.06. The lowest BCUT2D eigenvalue weighted by Crippen LogP contribution is -2.05. The van der Waals surface area contributed by atoms with E-state index in [2.05, 4.69) is 15.2 Å². The first kappa shape index (κ1) is 17.8. The lowest BCUT2D eigenvalue weighted by Gasteiger charge is -2.09. The van der Waals surface area contributed by atoms with Crippen molar-refractivity contribution < 1.29 is 22.8 Å². The number of nitrogens with zero attached hydrogens (tertiary/aromatic N) is 4. The van der Waals surface area contributed by atoms with Crippen LogP contribution < -0.4 is 0 Å². The molecule has 0 aliphatic rings. The van der Waals surface area contributed by atoms with Crippen LogP contribution in [0.4, 0.5) is 13.2 Å². The zero-order valence-electron chi connectivity index (χ0n) is 14.5. The molecule has 0 unspecified atom stereocenters. The summed E-state index contributed by atoms with van der Waals surface area (Å²) in [6, 6.07) is 14.3. The molecule has 0 atom stereocenters. The van der Waals surface area contributed by atoms with E-state index in [0.717, 1.165) is 23.4 Å². The van der Waals surface area contributed by atoms with Gasteiger partial charge in [-0.1, -0.05) is 35.5 Å². The van der Waals surface area contributed by atoms with Crippen LogP contribution in [0.2, 0.25) is 0 Å². The Morgan fingerprint density at radius 3 is 2.46 bits per heavy atom. The normalized spacial score (nSPS) is 11.7. The van der Waals surface area contributed by atoms with E-state index in [0.29, 0.717) is 5.69 Å². The molecule has 0 fully saturated rings. The fourth-order valence-corrected chi connectivity index (χ4v) is 2.80. The maximum absolute atomic E-state index is 13.0. The zero-order valence-corrected chi connectivity index (χ0v) is 14.5. The lowest BCUT2D eigenvalue weighted by molar-refractivity contribution is -0.138. The molecule has 2 aromatic carbocycles. The highest BCUT2D eigenvalue weighted by atomic mass is 19.4. The third kappa shape index (κ3) is 3.22. The third-order valence-corrected chi connectivity index (χ3v) is 4.15. The van der Waals surface area contributed by atoms with Crippen molar-refractivity contribution in [1.29, 1.82) is 0 Å². The highest BCUT2D eigenvalue weighted by Gasteiger charge is 2.34. The van der Waals surface area contributed by atoms with E-state index in [9.17, 15) is 18.3 Å². The smallest absolute Gasteiger partial charge is 0.419 e. The van der Waals surface area contributed by atoms with Crippen molar-refractivity contribution in [3.8, 4) is 40.0 Å². The van der Waals surface area contributed by atoms with Gasteiger partial charge in [0.2, 0.25) is 5.82 Å². The van der Waals surface area contributed by atoms with Crippen LogP contribution in [0.5, 0.6) is 5.75 Å². The van der Waals surface area contributed by atoms with Gasteiger partial charge in [-0.15, -0.1) is 0 Å². The second-order valence-electron chi connectivity index (χ2n) is 6.06. The number of halogens is 3. The molecule has 0 amide bonds. The monoisotopic (exact) mass is 386 g/mol. The van der Waals surface area contributed by atoms with Crippen LogP contribution in [-0.4, -0.2) is 25.0 Å². The average Bonchev–Trinajstić information content (AvgIpc) is 3.29. The van der Waals surface area contributed by atoms with Crippen molar-refractivity contribution in [2.45, 2.75) is 6.18 Å². The first-order valence-corrected chi connectivity index (χ1v) is 8.17. The number of aryl methyl sites for hydroxylation is 1. The van der Waals surface area contributed by atoms with Gasteiger partial charge in [-0.2, -0.15) is 23.3 Å². The standard InChI is InChI=1S/C19H13F3N4O2/c1-26-15(11-5-3-2-4-6-11)10-14(24-26)18-23-17(25-28-18)12-7-8-16(27)13(9-12)19(20,21)22/h2-10,27H,1H3. The fraction of sp³-hybridized carbons (Fsp3) is 0.105. The molecule has 0 radical (unpaired) electrons. The van der Waals surface area contributed by atoms with E-state index in [-0.39, 0.29) is 17.3 Å². The minimum Gasteiger partial charge on any atom is -0.507 e. The molecule has 4 aromatic rings. The van der Waals surface area contributed by atoms with E-state index in [1.54, 1.807) is 17.8 Å². The van der Waals surface area contributed by atoms with Crippen LogP contribution in [0.25, 0.3) is 34.2 Å². The maximum atomic E-state index is 13.0. The van der Waals surface area contributed by atoms with Crippen molar-refractivity contribution in [1.82, 2.24) is 19.9 Å². The summed E-state index contributed by atoms with van der Waals surface area (Å²) in [5.74, 6) is -0.820. The van der Waals surface area contributed by atoms with Gasteiger partial charge in [0, 0.05) is 12.6 Å². The molecule has 0 aliphatic heterocycles. The van der Waals surface area contributed by atoms with Gasteiger partial charge in [0.05, 0.1) is 11.3 Å². The van der Waals surface area contributed by atoms with Gasteiger partial charge in [0.1, 0.15) is 5.75 Å². The van der Waals surface area contributed by atoms with Crippen molar-refractivity contribution in [2.75, 3.05) is 0 Å². The van der Waals surface area contributed by atoms with E-state index in [1.807, 2.05) is 30.3 Å². The Labute approximate surface area is 156 Å². The molecule has 0 spiro atoms. The number of phenolic OH excluding ortho intramolecular Hbond substituents is 1. The van der Waals surface area contributed by atoms with Crippen LogP contribution in [0, 0.1) is 0 Å². The largest absolute Gasteiger partial charge is 0.507 e. The molecule has 28 heavy (non-hydrogen) atoms. The summed E-state index contributed by atoms with van der Waals surface area (Å²) in [4.78, 5) is 4.15. The molecule has 2 aromatic heterocycles. The van der Waals surface area contributed by atoms with E-state index < -0.39 is 17.5 Å². The molecular formula is C19H13F3N4O2. The van der Waals surface area contributed by atoms with Crippen LogP contribution in [-0.2, 0) is 13.2 Å². The molecule has 1 N–H and O–H groups in total. The molecule has 0 saturated heterocycles. The number of hydrogen-bond acceptors (Lipinski definition) is 5. The van der Waals surface area contributed by atoms with Crippen molar-refractivity contribution >= 4 is 0 Å². The Bertz CT molecular complexity index is 1130. The molecule has 6 nitrogen and oxygen atoms in total. The second-order valence-corrected chi connectivity index (χ2v) is 6.06. The Morgan fingerprint density at radius 1 is 1.00 bits per heavy atom. The molecule has 9 heteroatoms. The van der Waals surface area contributed by atoms with E-state index in [1.165, 1.54) is 6.07 Å². The summed E-state index contributed by atoms with van der Waals surface area (Å²) in [7, 11) is 1.76. The van der Waals surface area contributed by atoms with Gasteiger partial charge in [-0.25, -0.2) is 0 Å². The Hall–Kier alpha value is -3.62. The molecular weight excluding hydrogens is 373 g/mol. The van der Waals surface area contributed by atoms with Gasteiger partial charge >= 0.3 is 6.18 Å². The number of aromatic nitrogens is 4. The molecule has 0 saturated carbocycles. The lowest BCUT2D eigenvalue weighted by atomic mass is 10.1. The molecule has 0 aliphatic carbocycles.